The number of hydrogen-bond acceptors (Lipinski definition) is 7. The van der Waals surface area contributed by atoms with Crippen LogP contribution in [-0.4, -0.2) is 75.4 Å². The molecule has 0 aromatic heterocycles. The fraction of sp³-hybridized carbons (Fsp3) is 0.909. The van der Waals surface area contributed by atoms with E-state index >= 15 is 0 Å². The van der Waals surface area contributed by atoms with Crippen molar-refractivity contribution in [3.8, 4) is 0 Å². The monoisotopic (exact) mass is 276 g/mol. The van der Waals surface area contributed by atoms with Crippen LogP contribution in [0.25, 0.3) is 0 Å². The molecule has 0 radical (unpaired) electrons. The van der Waals surface area contributed by atoms with E-state index in [1.165, 1.54) is 11.8 Å². The summed E-state index contributed by atoms with van der Waals surface area (Å²) in [6, 6.07) is -0.456. The summed E-state index contributed by atoms with van der Waals surface area (Å²) in [6.45, 7) is 2.66. The van der Waals surface area contributed by atoms with Gasteiger partial charge in [0.25, 0.3) is 0 Å². The summed E-state index contributed by atoms with van der Waals surface area (Å²) in [6.07, 6.45) is -1.80. The third-order valence-corrected chi connectivity index (χ3v) is 4.47. The number of nitrogens with zero attached hydrogens (tertiary/aromatic N) is 2. The van der Waals surface area contributed by atoms with E-state index in [0.29, 0.717) is 0 Å². The average molecular weight is 276 g/mol. The largest absolute Gasteiger partial charge is 0.394 e. The van der Waals surface area contributed by atoms with E-state index in [9.17, 15) is 10.2 Å². The summed E-state index contributed by atoms with van der Waals surface area (Å²) in [5.41, 5.74) is -0.324. The van der Waals surface area contributed by atoms with Crippen molar-refractivity contribution >= 4 is 16.9 Å². The molecule has 0 amide bonds. The standard InChI is InChI=1S/C11H20N2O4S/c1-3-4-13(2)11-12-7-9(16)8(15)6(5-14)17-10(7)18-11/h6-10,14-16H,3-5H2,1-2H3/t6-,7+,8-,9-,10+/m1/s1. The third-order valence-electron chi connectivity index (χ3n) is 3.22. The molecule has 104 valence electrons. The topological polar surface area (TPSA) is 85.5 Å². The Morgan fingerprint density at radius 2 is 2.11 bits per heavy atom. The van der Waals surface area contributed by atoms with Gasteiger partial charge in [-0.25, -0.2) is 0 Å². The minimum absolute atomic E-state index is 0.303. The lowest BCUT2D eigenvalue weighted by Gasteiger charge is -2.37. The van der Waals surface area contributed by atoms with Gasteiger partial charge in [0.1, 0.15) is 29.8 Å². The number of ether oxygens (including phenoxy) is 1. The van der Waals surface area contributed by atoms with Crippen molar-refractivity contribution in [3.63, 3.8) is 0 Å². The molecule has 1 fully saturated rings. The Morgan fingerprint density at radius 3 is 2.72 bits per heavy atom. The van der Waals surface area contributed by atoms with Gasteiger partial charge in [-0.3, -0.25) is 4.99 Å². The highest BCUT2D eigenvalue weighted by molar-refractivity contribution is 8.14. The maximum absolute atomic E-state index is 10.00. The Kier molecular flexibility index (Phi) is 4.50. The molecular weight excluding hydrogens is 256 g/mol. The second-order valence-corrected chi connectivity index (χ2v) is 5.71. The Bertz CT molecular complexity index is 328. The molecule has 5 atom stereocenters. The van der Waals surface area contributed by atoms with Crippen molar-refractivity contribution in [1.82, 2.24) is 4.90 Å². The van der Waals surface area contributed by atoms with E-state index in [1.54, 1.807) is 0 Å². The van der Waals surface area contributed by atoms with E-state index < -0.39 is 24.4 Å². The van der Waals surface area contributed by atoms with E-state index in [4.69, 9.17) is 9.84 Å². The third kappa shape index (κ3) is 2.50. The predicted molar refractivity (Wildman–Crippen MR) is 69.5 cm³/mol. The Labute approximate surface area is 111 Å². The first-order chi connectivity index (χ1) is 8.58. The van der Waals surface area contributed by atoms with Gasteiger partial charge in [0.05, 0.1) is 6.61 Å². The number of aliphatic hydroxyl groups excluding tert-OH is 3. The van der Waals surface area contributed by atoms with Crippen molar-refractivity contribution in [2.24, 2.45) is 4.99 Å². The molecule has 6 nitrogen and oxygen atoms in total. The van der Waals surface area contributed by atoms with Crippen molar-refractivity contribution in [2.45, 2.75) is 43.1 Å². The Morgan fingerprint density at radius 1 is 1.39 bits per heavy atom. The van der Waals surface area contributed by atoms with Crippen LogP contribution in [0.1, 0.15) is 13.3 Å². The molecule has 1 saturated heterocycles. The molecule has 18 heavy (non-hydrogen) atoms. The van der Waals surface area contributed by atoms with Gasteiger partial charge in [-0.05, 0) is 6.42 Å². The molecule has 2 rings (SSSR count). The first-order valence-electron chi connectivity index (χ1n) is 6.16. The minimum Gasteiger partial charge on any atom is -0.394 e. The molecule has 0 aromatic carbocycles. The molecule has 3 N–H and O–H groups in total. The zero-order valence-corrected chi connectivity index (χ0v) is 11.4. The van der Waals surface area contributed by atoms with Crippen molar-refractivity contribution < 1.29 is 20.1 Å². The predicted octanol–water partition coefficient (Wildman–Crippen LogP) is -0.761. The van der Waals surface area contributed by atoms with Crippen LogP contribution in [0, 0.1) is 0 Å². The van der Waals surface area contributed by atoms with Crippen LogP contribution < -0.4 is 0 Å². The van der Waals surface area contributed by atoms with E-state index in [0.717, 1.165) is 18.1 Å². The van der Waals surface area contributed by atoms with Crippen LogP contribution in [0.15, 0.2) is 4.99 Å². The summed E-state index contributed by atoms with van der Waals surface area (Å²) in [5, 5.41) is 29.7. The lowest BCUT2D eigenvalue weighted by atomic mass is 9.99. The van der Waals surface area contributed by atoms with Crippen LogP contribution in [0.5, 0.6) is 0 Å². The molecule has 0 aliphatic carbocycles. The van der Waals surface area contributed by atoms with Gasteiger partial charge in [-0.1, -0.05) is 18.7 Å². The van der Waals surface area contributed by atoms with Gasteiger partial charge in [-0.15, -0.1) is 0 Å². The van der Waals surface area contributed by atoms with Gasteiger partial charge in [-0.2, -0.15) is 0 Å². The van der Waals surface area contributed by atoms with Gasteiger partial charge < -0.3 is 25.0 Å². The quantitative estimate of drug-likeness (QED) is 0.628. The molecule has 0 aromatic rings. The number of fused-ring (bicyclic) bond motifs is 1. The first kappa shape index (κ1) is 14.1. The molecule has 2 heterocycles. The molecule has 2 aliphatic heterocycles. The molecule has 0 saturated carbocycles. The van der Waals surface area contributed by atoms with Gasteiger partial charge in [0.2, 0.25) is 0 Å². The van der Waals surface area contributed by atoms with Crippen molar-refractivity contribution in [3.05, 3.63) is 0 Å². The molecule has 0 spiro atoms. The zero-order valence-electron chi connectivity index (χ0n) is 10.6. The van der Waals surface area contributed by atoms with E-state index in [1.807, 2.05) is 11.9 Å². The lowest BCUT2D eigenvalue weighted by Crippen LogP contribution is -2.55. The summed E-state index contributed by atoms with van der Waals surface area (Å²) in [4.78, 5) is 6.43. The zero-order chi connectivity index (χ0) is 13.3. The van der Waals surface area contributed by atoms with Crippen molar-refractivity contribution in [2.75, 3.05) is 20.2 Å². The molecule has 7 heteroatoms. The van der Waals surface area contributed by atoms with Crippen LogP contribution >= 0.6 is 11.8 Å². The number of aliphatic hydroxyl groups is 3. The number of rotatable bonds is 3. The van der Waals surface area contributed by atoms with Crippen molar-refractivity contribution in [1.29, 1.82) is 0 Å². The Hall–Kier alpha value is -0.340. The number of thioether (sulfide) groups is 1. The van der Waals surface area contributed by atoms with Gasteiger partial charge in [0.15, 0.2) is 5.17 Å². The van der Waals surface area contributed by atoms with Crippen LogP contribution in [0.2, 0.25) is 0 Å². The number of amidine groups is 1. The van der Waals surface area contributed by atoms with Gasteiger partial charge >= 0.3 is 0 Å². The first-order valence-corrected chi connectivity index (χ1v) is 7.04. The van der Waals surface area contributed by atoms with Crippen LogP contribution in [0.4, 0.5) is 0 Å². The van der Waals surface area contributed by atoms with Gasteiger partial charge in [0, 0.05) is 13.6 Å². The fourth-order valence-electron chi connectivity index (χ4n) is 2.18. The van der Waals surface area contributed by atoms with Crippen LogP contribution in [0.3, 0.4) is 0 Å². The second kappa shape index (κ2) is 5.75. The second-order valence-electron chi connectivity index (χ2n) is 4.65. The minimum atomic E-state index is -1.09. The smallest absolute Gasteiger partial charge is 0.162 e. The highest BCUT2D eigenvalue weighted by atomic mass is 32.2. The molecule has 0 bridgehead atoms. The maximum Gasteiger partial charge on any atom is 0.162 e. The molecule has 2 aliphatic rings. The number of aliphatic imine (C=N–C) groups is 1. The van der Waals surface area contributed by atoms with E-state index in [2.05, 4.69) is 11.9 Å². The normalized spacial score (nSPS) is 39.4. The lowest BCUT2D eigenvalue weighted by molar-refractivity contribution is -0.164. The highest BCUT2D eigenvalue weighted by Crippen LogP contribution is 2.37. The summed E-state index contributed by atoms with van der Waals surface area (Å²) in [7, 11) is 1.94. The number of hydrogen-bond donors (Lipinski definition) is 3. The summed E-state index contributed by atoms with van der Waals surface area (Å²) < 4.78 is 5.56. The van der Waals surface area contributed by atoms with Crippen LogP contribution in [-0.2, 0) is 4.74 Å². The highest BCUT2D eigenvalue weighted by Gasteiger charge is 2.48. The van der Waals surface area contributed by atoms with E-state index in [-0.39, 0.29) is 12.0 Å². The summed E-state index contributed by atoms with van der Waals surface area (Å²) in [5.74, 6) is 0. The SMILES string of the molecule is CCCN(C)C1=N[C@H]2[C@@H](O)[C@H](O)[C@@H](CO)O[C@H]2S1. The average Bonchev–Trinajstić information content (AvgIpc) is 2.78. The Balaban J connectivity index is 2.07. The maximum atomic E-state index is 10.00. The fourth-order valence-corrected chi connectivity index (χ4v) is 3.40. The summed E-state index contributed by atoms with van der Waals surface area (Å²) >= 11 is 1.44. The molecular formula is C11H20N2O4S. The molecule has 0 unspecified atom stereocenters.